The van der Waals surface area contributed by atoms with Gasteiger partial charge in [-0.25, -0.2) is 13.8 Å². The number of carbonyl (C=O) groups excluding carboxylic acids is 1. The molecule has 0 aliphatic rings. The summed E-state index contributed by atoms with van der Waals surface area (Å²) < 4.78 is 23.5. The fourth-order valence-electron chi connectivity index (χ4n) is 0.617. The molecule has 1 N–H and O–H groups in total. The Morgan fingerprint density at radius 1 is 1.77 bits per heavy atom. The molecule has 1 aromatic rings. The lowest BCUT2D eigenvalue weighted by molar-refractivity contribution is 0.0887. The summed E-state index contributed by atoms with van der Waals surface area (Å²) in [5.41, 5.74) is 0.0654. The zero-order valence-corrected chi connectivity index (χ0v) is 7.83. The standard InChI is InChI=1S/C6H5ClF2N2OS/c7-6-11-3(2-13-6)5(12)10-1-4(8)9/h2,4H,1H2,(H,10,12). The van der Waals surface area contributed by atoms with Gasteiger partial charge in [0.25, 0.3) is 12.3 Å². The maximum Gasteiger partial charge on any atom is 0.271 e. The zero-order valence-electron chi connectivity index (χ0n) is 6.26. The summed E-state index contributed by atoms with van der Waals surface area (Å²) in [6.45, 7) is -0.673. The van der Waals surface area contributed by atoms with Gasteiger partial charge in [0.05, 0.1) is 6.54 Å². The summed E-state index contributed by atoms with van der Waals surface area (Å²) in [6.07, 6.45) is -2.56. The molecule has 13 heavy (non-hydrogen) atoms. The second-order valence-corrected chi connectivity index (χ2v) is 3.53. The second kappa shape index (κ2) is 4.48. The molecule has 0 bridgehead atoms. The Bertz CT molecular complexity index is 305. The number of rotatable bonds is 3. The van der Waals surface area contributed by atoms with Gasteiger partial charge in [-0.1, -0.05) is 11.6 Å². The number of carbonyl (C=O) groups is 1. The minimum Gasteiger partial charge on any atom is -0.345 e. The van der Waals surface area contributed by atoms with Crippen molar-refractivity contribution in [2.75, 3.05) is 6.54 Å². The molecule has 0 aliphatic carbocycles. The van der Waals surface area contributed by atoms with E-state index in [0.29, 0.717) is 0 Å². The van der Waals surface area contributed by atoms with Crippen molar-refractivity contribution in [3.8, 4) is 0 Å². The monoisotopic (exact) mass is 226 g/mol. The Morgan fingerprint density at radius 3 is 2.92 bits per heavy atom. The summed E-state index contributed by atoms with van der Waals surface area (Å²) in [5, 5.41) is 3.41. The quantitative estimate of drug-likeness (QED) is 0.854. The van der Waals surface area contributed by atoms with Crippen LogP contribution in [0.15, 0.2) is 5.38 Å². The van der Waals surface area contributed by atoms with Crippen LogP contribution in [0.5, 0.6) is 0 Å². The second-order valence-electron chi connectivity index (χ2n) is 2.09. The van der Waals surface area contributed by atoms with E-state index in [1.165, 1.54) is 5.38 Å². The molecule has 1 aromatic heterocycles. The molecule has 0 radical (unpaired) electrons. The number of aromatic nitrogens is 1. The number of thiazole rings is 1. The van der Waals surface area contributed by atoms with Crippen LogP contribution in [0, 0.1) is 0 Å². The van der Waals surface area contributed by atoms with E-state index >= 15 is 0 Å². The van der Waals surface area contributed by atoms with Gasteiger partial charge in [-0.3, -0.25) is 4.79 Å². The number of hydrogen-bond donors (Lipinski definition) is 1. The van der Waals surface area contributed by atoms with Gasteiger partial charge in [-0.15, -0.1) is 11.3 Å². The number of amides is 1. The van der Waals surface area contributed by atoms with Crippen molar-refractivity contribution in [1.29, 1.82) is 0 Å². The lowest BCUT2D eigenvalue weighted by Gasteiger charge is -2.00. The van der Waals surface area contributed by atoms with Crippen LogP contribution in [0.3, 0.4) is 0 Å². The molecule has 0 aromatic carbocycles. The lowest BCUT2D eigenvalue weighted by Crippen LogP contribution is -2.28. The van der Waals surface area contributed by atoms with Crippen LogP contribution in [0.1, 0.15) is 10.5 Å². The minimum absolute atomic E-state index is 0.0654. The Morgan fingerprint density at radius 2 is 2.46 bits per heavy atom. The molecule has 0 aliphatic heterocycles. The largest absolute Gasteiger partial charge is 0.345 e. The molecule has 0 saturated carbocycles. The molecular formula is C6H5ClF2N2OS. The molecule has 0 atom stereocenters. The van der Waals surface area contributed by atoms with Gasteiger partial charge in [0.2, 0.25) is 0 Å². The van der Waals surface area contributed by atoms with Crippen molar-refractivity contribution in [3.05, 3.63) is 15.5 Å². The first-order chi connectivity index (χ1) is 6.09. The third-order valence-electron chi connectivity index (χ3n) is 1.13. The van der Waals surface area contributed by atoms with E-state index in [0.717, 1.165) is 11.3 Å². The summed E-state index contributed by atoms with van der Waals surface area (Å²) in [6, 6.07) is 0. The van der Waals surface area contributed by atoms with Gasteiger partial charge >= 0.3 is 0 Å². The number of hydrogen-bond acceptors (Lipinski definition) is 3. The predicted molar refractivity (Wildman–Crippen MR) is 45.5 cm³/mol. The summed E-state index contributed by atoms with van der Waals surface area (Å²) in [5.74, 6) is -0.636. The molecule has 1 heterocycles. The highest BCUT2D eigenvalue weighted by atomic mass is 35.5. The van der Waals surface area contributed by atoms with Crippen molar-refractivity contribution >= 4 is 28.8 Å². The van der Waals surface area contributed by atoms with Gasteiger partial charge in [0, 0.05) is 5.38 Å². The summed E-state index contributed by atoms with van der Waals surface area (Å²) >= 11 is 6.52. The van der Waals surface area contributed by atoms with Crippen LogP contribution < -0.4 is 5.32 Å². The van der Waals surface area contributed by atoms with Gasteiger partial charge in [-0.05, 0) is 0 Å². The highest BCUT2D eigenvalue weighted by molar-refractivity contribution is 7.14. The number of nitrogens with zero attached hydrogens (tertiary/aromatic N) is 1. The first kappa shape index (κ1) is 10.3. The molecule has 0 spiro atoms. The molecule has 3 nitrogen and oxygen atoms in total. The van der Waals surface area contributed by atoms with Crippen molar-refractivity contribution < 1.29 is 13.6 Å². The summed E-state index contributed by atoms with van der Waals surface area (Å²) in [4.78, 5) is 14.6. The highest BCUT2D eigenvalue weighted by Crippen LogP contribution is 2.14. The van der Waals surface area contributed by atoms with Crippen molar-refractivity contribution in [1.82, 2.24) is 10.3 Å². The Balaban J connectivity index is 2.49. The molecular weight excluding hydrogens is 222 g/mol. The molecule has 7 heteroatoms. The predicted octanol–water partition coefficient (Wildman–Crippen LogP) is 1.79. The van der Waals surface area contributed by atoms with Crippen LogP contribution in [0.2, 0.25) is 4.47 Å². The molecule has 0 unspecified atom stereocenters. The van der Waals surface area contributed by atoms with Gasteiger partial charge in [0.1, 0.15) is 5.69 Å². The average molecular weight is 227 g/mol. The third kappa shape index (κ3) is 3.23. The van der Waals surface area contributed by atoms with Crippen LogP contribution in [-0.4, -0.2) is 23.9 Å². The smallest absolute Gasteiger partial charge is 0.271 e. The normalized spacial score (nSPS) is 10.5. The molecule has 0 saturated heterocycles. The van der Waals surface area contributed by atoms with Crippen LogP contribution in [-0.2, 0) is 0 Å². The van der Waals surface area contributed by atoms with Crippen molar-refractivity contribution in [2.24, 2.45) is 0 Å². The van der Waals surface area contributed by atoms with Crippen molar-refractivity contribution in [2.45, 2.75) is 6.43 Å². The number of halogens is 3. The SMILES string of the molecule is O=C(NCC(F)F)c1csc(Cl)n1. The lowest BCUT2D eigenvalue weighted by atomic mass is 10.4. The first-order valence-electron chi connectivity index (χ1n) is 3.27. The van der Waals surface area contributed by atoms with E-state index in [1.807, 2.05) is 5.32 Å². The maximum atomic E-state index is 11.7. The van der Waals surface area contributed by atoms with Crippen LogP contribution in [0.25, 0.3) is 0 Å². The third-order valence-corrected chi connectivity index (χ3v) is 2.10. The fraction of sp³-hybridized carbons (Fsp3) is 0.333. The van der Waals surface area contributed by atoms with E-state index in [9.17, 15) is 13.6 Å². The Labute approximate surface area is 81.7 Å². The maximum absolute atomic E-state index is 11.7. The van der Waals surface area contributed by atoms with Gasteiger partial charge in [-0.2, -0.15) is 0 Å². The molecule has 1 rings (SSSR count). The van der Waals surface area contributed by atoms with E-state index in [2.05, 4.69) is 4.98 Å². The van der Waals surface area contributed by atoms with E-state index < -0.39 is 18.9 Å². The Hall–Kier alpha value is -0.750. The molecule has 1 amide bonds. The van der Waals surface area contributed by atoms with Crippen molar-refractivity contribution in [3.63, 3.8) is 0 Å². The number of alkyl halides is 2. The fourth-order valence-corrected chi connectivity index (χ4v) is 1.36. The molecule has 0 fully saturated rings. The van der Waals surface area contributed by atoms with Crippen LogP contribution in [0.4, 0.5) is 8.78 Å². The van der Waals surface area contributed by atoms with Gasteiger partial charge < -0.3 is 5.32 Å². The van der Waals surface area contributed by atoms with E-state index in [1.54, 1.807) is 0 Å². The summed E-state index contributed by atoms with van der Waals surface area (Å²) in [7, 11) is 0. The zero-order chi connectivity index (χ0) is 9.84. The Kier molecular flexibility index (Phi) is 3.56. The number of nitrogens with one attached hydrogen (secondary N) is 1. The molecule has 72 valence electrons. The van der Waals surface area contributed by atoms with E-state index in [-0.39, 0.29) is 10.2 Å². The average Bonchev–Trinajstić information content (AvgIpc) is 2.47. The first-order valence-corrected chi connectivity index (χ1v) is 4.52. The topological polar surface area (TPSA) is 42.0 Å². The van der Waals surface area contributed by atoms with Crippen LogP contribution >= 0.6 is 22.9 Å². The minimum atomic E-state index is -2.56. The highest BCUT2D eigenvalue weighted by Gasteiger charge is 2.11. The van der Waals surface area contributed by atoms with E-state index in [4.69, 9.17) is 11.6 Å². The van der Waals surface area contributed by atoms with Gasteiger partial charge in [0.15, 0.2) is 4.47 Å².